The fraction of sp³-hybridized carbons (Fsp3) is 1.00. The summed E-state index contributed by atoms with van der Waals surface area (Å²) in [7, 11) is 0. The van der Waals surface area contributed by atoms with E-state index in [9.17, 15) is 0 Å². The second kappa shape index (κ2) is 4.82. The van der Waals surface area contributed by atoms with Crippen molar-refractivity contribution in [2.45, 2.75) is 38.3 Å². The average molecular weight is 218 g/mol. The van der Waals surface area contributed by atoms with E-state index in [0.29, 0.717) is 11.9 Å². The number of nitrogens with zero attached hydrogens (tertiary/aromatic N) is 1. The number of hydrogen-bond donors (Lipinski definition) is 0. The number of hydrogen-bond acceptors (Lipinski definition) is 2. The quantitative estimate of drug-likeness (QED) is 0.669. The fourth-order valence-electron chi connectivity index (χ4n) is 2.03. The van der Waals surface area contributed by atoms with E-state index in [1.54, 1.807) is 0 Å². The molecule has 0 radical (unpaired) electrons. The van der Waals surface area contributed by atoms with Crippen molar-refractivity contribution < 1.29 is 4.74 Å². The van der Waals surface area contributed by atoms with Crippen LogP contribution in [-0.2, 0) is 4.74 Å². The molecule has 0 aromatic carbocycles. The first-order valence-corrected chi connectivity index (χ1v) is 6.24. The summed E-state index contributed by atoms with van der Waals surface area (Å²) in [6.07, 6.45) is 4.54. The summed E-state index contributed by atoms with van der Waals surface area (Å²) in [5, 5.41) is 0. The van der Waals surface area contributed by atoms with Crippen molar-refractivity contribution in [1.29, 1.82) is 0 Å². The Balaban J connectivity index is 1.74. The summed E-state index contributed by atoms with van der Waals surface area (Å²) < 4.78 is 5.62. The van der Waals surface area contributed by atoms with Crippen molar-refractivity contribution in [2.24, 2.45) is 5.92 Å². The molecule has 1 heterocycles. The molecule has 2 fully saturated rings. The molecular formula is C11H20ClNO. The Morgan fingerprint density at radius 2 is 2.21 bits per heavy atom. The van der Waals surface area contributed by atoms with E-state index >= 15 is 0 Å². The number of ether oxygens (including phenoxy) is 1. The average Bonchev–Trinajstić information content (AvgIpc) is 3.00. The van der Waals surface area contributed by atoms with Crippen molar-refractivity contribution in [3.8, 4) is 0 Å². The van der Waals surface area contributed by atoms with Gasteiger partial charge in [-0.25, -0.2) is 0 Å². The maximum atomic E-state index is 5.82. The molecule has 0 aromatic heterocycles. The second-order valence-electron chi connectivity index (χ2n) is 4.69. The van der Waals surface area contributed by atoms with Crippen LogP contribution in [-0.4, -0.2) is 42.6 Å². The van der Waals surface area contributed by atoms with E-state index in [2.05, 4.69) is 11.8 Å². The lowest BCUT2D eigenvalue weighted by molar-refractivity contribution is -0.0482. The highest BCUT2D eigenvalue weighted by Crippen LogP contribution is 2.32. The molecule has 2 aliphatic rings. The van der Waals surface area contributed by atoms with Gasteiger partial charge in [-0.1, -0.05) is 12.8 Å². The van der Waals surface area contributed by atoms with Crippen LogP contribution in [0, 0.1) is 5.92 Å². The standard InChI is InChI=1S/C11H20ClNO/c1-9-8-14-11(6-12)7-13(9)5-4-10-2-3-10/h9-11H,2-8H2,1H3. The Bertz CT molecular complexity index is 184. The molecule has 0 spiro atoms. The van der Waals surface area contributed by atoms with Crippen LogP contribution in [0.5, 0.6) is 0 Å². The molecule has 1 aliphatic carbocycles. The summed E-state index contributed by atoms with van der Waals surface area (Å²) in [5.74, 6) is 1.66. The molecule has 2 unspecified atom stereocenters. The van der Waals surface area contributed by atoms with Crippen LogP contribution in [0.25, 0.3) is 0 Å². The third kappa shape index (κ3) is 2.85. The minimum Gasteiger partial charge on any atom is -0.374 e. The predicted molar refractivity (Wildman–Crippen MR) is 58.8 cm³/mol. The van der Waals surface area contributed by atoms with Gasteiger partial charge in [-0.05, 0) is 25.8 Å². The minimum atomic E-state index is 0.257. The molecule has 14 heavy (non-hydrogen) atoms. The third-order valence-corrected chi connectivity index (χ3v) is 3.67. The molecule has 0 amide bonds. The summed E-state index contributed by atoms with van der Waals surface area (Å²) in [6, 6.07) is 0.577. The molecule has 3 heteroatoms. The Kier molecular flexibility index (Phi) is 3.69. The first-order valence-electron chi connectivity index (χ1n) is 5.71. The van der Waals surface area contributed by atoms with Crippen LogP contribution < -0.4 is 0 Å². The van der Waals surface area contributed by atoms with Crippen LogP contribution in [0.15, 0.2) is 0 Å². The summed E-state index contributed by atoms with van der Waals surface area (Å²) in [5.41, 5.74) is 0. The monoisotopic (exact) mass is 217 g/mol. The lowest BCUT2D eigenvalue weighted by atomic mass is 10.2. The molecule has 0 N–H and O–H groups in total. The Morgan fingerprint density at radius 1 is 1.43 bits per heavy atom. The van der Waals surface area contributed by atoms with E-state index in [0.717, 1.165) is 19.1 Å². The second-order valence-corrected chi connectivity index (χ2v) is 4.99. The Hall–Kier alpha value is 0.210. The van der Waals surface area contributed by atoms with Crippen molar-refractivity contribution in [3.05, 3.63) is 0 Å². The van der Waals surface area contributed by atoms with E-state index in [1.807, 2.05) is 0 Å². The molecule has 0 aromatic rings. The van der Waals surface area contributed by atoms with Gasteiger partial charge in [-0.3, -0.25) is 4.90 Å². The Morgan fingerprint density at radius 3 is 2.86 bits per heavy atom. The first-order chi connectivity index (χ1) is 6.79. The molecule has 2 nitrogen and oxygen atoms in total. The van der Waals surface area contributed by atoms with Gasteiger partial charge in [0.1, 0.15) is 0 Å². The summed E-state index contributed by atoms with van der Waals surface area (Å²) in [4.78, 5) is 2.54. The van der Waals surface area contributed by atoms with Gasteiger partial charge < -0.3 is 4.74 Å². The van der Waals surface area contributed by atoms with E-state index < -0.39 is 0 Å². The van der Waals surface area contributed by atoms with E-state index in [-0.39, 0.29) is 6.10 Å². The number of alkyl halides is 1. The number of rotatable bonds is 4. The lowest BCUT2D eigenvalue weighted by Crippen LogP contribution is -2.49. The largest absolute Gasteiger partial charge is 0.374 e. The lowest BCUT2D eigenvalue weighted by Gasteiger charge is -2.37. The van der Waals surface area contributed by atoms with E-state index in [4.69, 9.17) is 16.3 Å². The SMILES string of the molecule is CC1COC(CCl)CN1CCC1CC1. The highest BCUT2D eigenvalue weighted by atomic mass is 35.5. The first kappa shape index (κ1) is 10.7. The molecule has 1 saturated heterocycles. The third-order valence-electron chi connectivity index (χ3n) is 3.33. The zero-order chi connectivity index (χ0) is 9.97. The predicted octanol–water partition coefficient (Wildman–Crippen LogP) is 2.11. The van der Waals surface area contributed by atoms with Gasteiger partial charge in [0.2, 0.25) is 0 Å². The molecule has 1 saturated carbocycles. The van der Waals surface area contributed by atoms with Crippen LogP contribution in [0.4, 0.5) is 0 Å². The maximum Gasteiger partial charge on any atom is 0.0837 e. The van der Waals surface area contributed by atoms with Gasteiger partial charge in [-0.2, -0.15) is 0 Å². The van der Waals surface area contributed by atoms with Gasteiger partial charge in [0.25, 0.3) is 0 Å². The normalized spacial score (nSPS) is 34.7. The van der Waals surface area contributed by atoms with Gasteiger partial charge in [0.15, 0.2) is 0 Å². The smallest absolute Gasteiger partial charge is 0.0837 e. The van der Waals surface area contributed by atoms with Crippen LogP contribution >= 0.6 is 11.6 Å². The van der Waals surface area contributed by atoms with Crippen molar-refractivity contribution in [2.75, 3.05) is 25.6 Å². The van der Waals surface area contributed by atoms with Gasteiger partial charge in [0.05, 0.1) is 12.7 Å². The Labute approximate surface area is 91.6 Å². The van der Waals surface area contributed by atoms with Crippen LogP contribution in [0.1, 0.15) is 26.2 Å². The van der Waals surface area contributed by atoms with Gasteiger partial charge >= 0.3 is 0 Å². The van der Waals surface area contributed by atoms with Crippen molar-refractivity contribution >= 4 is 11.6 Å². The molecule has 82 valence electrons. The minimum absolute atomic E-state index is 0.257. The van der Waals surface area contributed by atoms with E-state index in [1.165, 1.54) is 25.8 Å². The van der Waals surface area contributed by atoms with Crippen molar-refractivity contribution in [1.82, 2.24) is 4.90 Å². The highest BCUT2D eigenvalue weighted by Gasteiger charge is 2.27. The fourth-order valence-corrected chi connectivity index (χ4v) is 2.22. The van der Waals surface area contributed by atoms with Crippen molar-refractivity contribution in [3.63, 3.8) is 0 Å². The molecule has 1 aliphatic heterocycles. The maximum absolute atomic E-state index is 5.82. The molecule has 2 atom stereocenters. The topological polar surface area (TPSA) is 12.5 Å². The molecule has 0 bridgehead atoms. The van der Waals surface area contributed by atoms with Gasteiger partial charge in [-0.15, -0.1) is 11.6 Å². The van der Waals surface area contributed by atoms with Crippen LogP contribution in [0.3, 0.4) is 0 Å². The number of halogens is 1. The number of morpholine rings is 1. The zero-order valence-corrected chi connectivity index (χ0v) is 9.67. The highest BCUT2D eigenvalue weighted by molar-refractivity contribution is 6.18. The van der Waals surface area contributed by atoms with Gasteiger partial charge in [0, 0.05) is 18.5 Å². The van der Waals surface area contributed by atoms with Crippen LogP contribution in [0.2, 0.25) is 0 Å². The summed E-state index contributed by atoms with van der Waals surface area (Å²) >= 11 is 5.82. The zero-order valence-electron chi connectivity index (χ0n) is 8.92. The molecular weight excluding hydrogens is 198 g/mol. The summed E-state index contributed by atoms with van der Waals surface area (Å²) in [6.45, 7) is 5.36. The molecule has 2 rings (SSSR count).